The Morgan fingerprint density at radius 3 is 2.59 bits per heavy atom. The van der Waals surface area contributed by atoms with Gasteiger partial charge >= 0.3 is 5.76 Å². The van der Waals surface area contributed by atoms with Crippen LogP contribution in [0.15, 0.2) is 63.9 Å². The van der Waals surface area contributed by atoms with E-state index >= 15 is 0 Å². The number of methoxy groups -OCH3 is 1. The van der Waals surface area contributed by atoms with Crippen molar-refractivity contribution in [2.24, 2.45) is 0 Å². The molecular weight excluding hydrogens is 463 g/mol. The predicted octanol–water partition coefficient (Wildman–Crippen LogP) is 3.84. The van der Waals surface area contributed by atoms with Crippen molar-refractivity contribution in [1.29, 1.82) is 0 Å². The minimum absolute atomic E-state index is 0.114. The average molecular weight is 487 g/mol. The molecule has 34 heavy (non-hydrogen) atoms. The maximum Gasteiger partial charge on any atom is 0.421 e. The van der Waals surface area contributed by atoms with Gasteiger partial charge in [0.1, 0.15) is 15.7 Å². The molecule has 0 radical (unpaired) electrons. The van der Waals surface area contributed by atoms with Gasteiger partial charge in [0.15, 0.2) is 22.7 Å². The Kier molecular flexibility index (Phi) is 6.43. The van der Waals surface area contributed by atoms with Crippen LogP contribution >= 0.6 is 0 Å². The molecule has 4 rings (SSSR count). The lowest BCUT2D eigenvalue weighted by Gasteiger charge is -2.19. The highest BCUT2D eigenvalue weighted by Gasteiger charge is 2.27. The van der Waals surface area contributed by atoms with Crippen LogP contribution in [0.4, 0.5) is 4.39 Å². The van der Waals surface area contributed by atoms with E-state index in [2.05, 4.69) is 4.98 Å². The number of oxazole rings is 1. The monoisotopic (exact) mass is 486 g/mol. The number of halogens is 1. The zero-order chi connectivity index (χ0) is 24.5. The molecule has 0 aliphatic carbocycles. The number of fused-ring (bicyclic) bond motifs is 1. The molecule has 0 saturated carbocycles. The summed E-state index contributed by atoms with van der Waals surface area (Å²) >= 11 is 0. The van der Waals surface area contributed by atoms with Gasteiger partial charge in [-0.1, -0.05) is 24.3 Å². The number of nitrogens with zero attached hydrogens (tertiary/aromatic N) is 2. The molecule has 2 aromatic carbocycles. The molecule has 8 nitrogen and oxygen atoms in total. The Bertz CT molecular complexity index is 1510. The standard InChI is InChI=1S/C24H23FN2O6S/c1-4-32-21-11-15(9-10-20(21)31-2)19(14-34(3,29)30)27-23-22(33-24(27)28)12-16(13-26-23)17-7-5-6-8-18(17)25/h5-13,19H,4,14H2,1-3H3/t19-/m1/s1. The number of rotatable bonds is 8. The number of hydrogen-bond donors (Lipinski definition) is 0. The fourth-order valence-corrected chi connectivity index (χ4v) is 4.73. The van der Waals surface area contributed by atoms with Crippen molar-refractivity contribution in [2.75, 3.05) is 25.7 Å². The minimum atomic E-state index is -3.53. The average Bonchev–Trinajstić information content (AvgIpc) is 3.12. The highest BCUT2D eigenvalue weighted by molar-refractivity contribution is 7.90. The predicted molar refractivity (Wildman–Crippen MR) is 126 cm³/mol. The second-order valence-corrected chi connectivity index (χ2v) is 9.90. The molecule has 0 N–H and O–H groups in total. The quantitative estimate of drug-likeness (QED) is 0.373. The van der Waals surface area contributed by atoms with Crippen molar-refractivity contribution in [2.45, 2.75) is 13.0 Å². The van der Waals surface area contributed by atoms with E-state index in [4.69, 9.17) is 13.9 Å². The lowest BCUT2D eigenvalue weighted by atomic mass is 10.1. The van der Waals surface area contributed by atoms with E-state index in [1.165, 1.54) is 30.0 Å². The molecule has 0 unspecified atom stereocenters. The number of hydrogen-bond acceptors (Lipinski definition) is 7. The van der Waals surface area contributed by atoms with E-state index in [-0.39, 0.29) is 17.0 Å². The summed E-state index contributed by atoms with van der Waals surface area (Å²) in [5.41, 5.74) is 1.49. The zero-order valence-electron chi connectivity index (χ0n) is 18.8. The molecule has 2 heterocycles. The van der Waals surface area contributed by atoms with E-state index in [9.17, 15) is 17.6 Å². The molecule has 0 spiro atoms. The van der Waals surface area contributed by atoms with Crippen molar-refractivity contribution < 1.29 is 26.7 Å². The van der Waals surface area contributed by atoms with Crippen molar-refractivity contribution in [3.63, 3.8) is 0 Å². The van der Waals surface area contributed by atoms with Crippen molar-refractivity contribution >= 4 is 21.1 Å². The van der Waals surface area contributed by atoms with Crippen LogP contribution in [0.5, 0.6) is 11.5 Å². The summed E-state index contributed by atoms with van der Waals surface area (Å²) in [6.07, 6.45) is 2.51. The van der Waals surface area contributed by atoms with Crippen LogP contribution in [0.25, 0.3) is 22.4 Å². The first-order chi connectivity index (χ1) is 16.2. The largest absolute Gasteiger partial charge is 0.493 e. The first-order valence-electron chi connectivity index (χ1n) is 10.5. The summed E-state index contributed by atoms with van der Waals surface area (Å²) < 4.78 is 56.4. The van der Waals surface area contributed by atoms with Gasteiger partial charge in [-0.2, -0.15) is 0 Å². The normalized spacial score (nSPS) is 12.6. The van der Waals surface area contributed by atoms with E-state index in [1.807, 2.05) is 6.92 Å². The number of pyridine rings is 1. The van der Waals surface area contributed by atoms with Crippen LogP contribution in [0.3, 0.4) is 0 Å². The number of ether oxygens (including phenoxy) is 2. The second-order valence-electron chi connectivity index (χ2n) is 7.72. The molecular formula is C24H23FN2O6S. The Balaban J connectivity index is 1.89. The molecule has 4 aromatic rings. The zero-order valence-corrected chi connectivity index (χ0v) is 19.6. The van der Waals surface area contributed by atoms with Gasteiger partial charge in [-0.05, 0) is 36.8 Å². The third-order valence-corrected chi connectivity index (χ3v) is 6.21. The van der Waals surface area contributed by atoms with E-state index in [1.54, 1.807) is 36.4 Å². The van der Waals surface area contributed by atoms with Crippen molar-refractivity contribution in [3.05, 3.63) is 76.7 Å². The summed E-state index contributed by atoms with van der Waals surface area (Å²) in [4.78, 5) is 17.3. The highest BCUT2D eigenvalue weighted by Crippen LogP contribution is 2.33. The van der Waals surface area contributed by atoms with Crippen molar-refractivity contribution in [3.8, 4) is 22.6 Å². The van der Waals surface area contributed by atoms with Crippen LogP contribution in [0.1, 0.15) is 18.5 Å². The van der Waals surface area contributed by atoms with Gasteiger partial charge in [0.05, 0.1) is 25.5 Å². The summed E-state index contributed by atoms with van der Waals surface area (Å²) in [6.45, 7) is 2.18. The molecule has 2 aromatic heterocycles. The van der Waals surface area contributed by atoms with Gasteiger partial charge < -0.3 is 13.9 Å². The Morgan fingerprint density at radius 1 is 1.15 bits per heavy atom. The topological polar surface area (TPSA) is 101 Å². The second kappa shape index (κ2) is 9.30. The third kappa shape index (κ3) is 4.67. The molecule has 0 fully saturated rings. The molecule has 1 atom stereocenters. The Labute approximate surface area is 195 Å². The smallest absolute Gasteiger partial charge is 0.421 e. The van der Waals surface area contributed by atoms with E-state index in [0.717, 1.165) is 6.26 Å². The van der Waals surface area contributed by atoms with Gasteiger partial charge in [-0.25, -0.2) is 27.2 Å². The van der Waals surface area contributed by atoms with Gasteiger partial charge in [0.25, 0.3) is 0 Å². The van der Waals surface area contributed by atoms with Crippen molar-refractivity contribution in [1.82, 2.24) is 9.55 Å². The fourth-order valence-electron chi connectivity index (χ4n) is 3.82. The molecule has 0 bridgehead atoms. The molecule has 10 heteroatoms. The number of benzene rings is 2. The maximum absolute atomic E-state index is 14.2. The highest BCUT2D eigenvalue weighted by atomic mass is 32.2. The lowest BCUT2D eigenvalue weighted by molar-refractivity contribution is 0.310. The van der Waals surface area contributed by atoms with Gasteiger partial charge in [0.2, 0.25) is 0 Å². The van der Waals surface area contributed by atoms with Crippen LogP contribution < -0.4 is 15.2 Å². The van der Waals surface area contributed by atoms with Gasteiger partial charge in [-0.3, -0.25) is 0 Å². The summed E-state index contributed by atoms with van der Waals surface area (Å²) in [7, 11) is -2.03. The molecule has 0 aliphatic heterocycles. The SMILES string of the molecule is CCOc1cc([C@@H](CS(C)(=O)=O)n2c(=O)oc3cc(-c4ccccc4F)cnc32)ccc1OC. The van der Waals surface area contributed by atoms with Gasteiger partial charge in [0, 0.05) is 23.6 Å². The van der Waals surface area contributed by atoms with E-state index < -0.39 is 27.5 Å². The number of sulfone groups is 1. The van der Waals surface area contributed by atoms with Crippen LogP contribution in [0.2, 0.25) is 0 Å². The molecule has 178 valence electrons. The Morgan fingerprint density at radius 2 is 1.91 bits per heavy atom. The van der Waals surface area contributed by atoms with Gasteiger partial charge in [-0.15, -0.1) is 0 Å². The van der Waals surface area contributed by atoms with Crippen LogP contribution in [-0.2, 0) is 9.84 Å². The summed E-state index contributed by atoms with van der Waals surface area (Å²) in [5, 5.41) is 0. The molecule has 0 aliphatic rings. The summed E-state index contributed by atoms with van der Waals surface area (Å²) in [5.74, 6) is -0.717. The maximum atomic E-state index is 14.2. The van der Waals surface area contributed by atoms with Crippen LogP contribution in [-0.4, -0.2) is 43.7 Å². The minimum Gasteiger partial charge on any atom is -0.493 e. The lowest BCUT2D eigenvalue weighted by Crippen LogP contribution is -2.27. The Hall–Kier alpha value is -3.66. The first-order valence-corrected chi connectivity index (χ1v) is 12.5. The molecule has 0 amide bonds. The third-order valence-electron chi connectivity index (χ3n) is 5.28. The number of aromatic nitrogens is 2. The van der Waals surface area contributed by atoms with Crippen LogP contribution in [0, 0.1) is 5.82 Å². The van der Waals surface area contributed by atoms with E-state index in [0.29, 0.717) is 34.8 Å². The fraction of sp³-hybridized carbons (Fsp3) is 0.250. The first kappa shape index (κ1) is 23.5. The molecule has 0 saturated heterocycles. The summed E-state index contributed by atoms with van der Waals surface area (Å²) in [6, 6.07) is 11.7.